The van der Waals surface area contributed by atoms with E-state index < -0.39 is 18.1 Å². The number of primary amides is 1. The summed E-state index contributed by atoms with van der Waals surface area (Å²) in [4.78, 5) is 20.1. The number of carbonyl (C=O) groups is 1. The first-order valence-corrected chi connectivity index (χ1v) is 12.5. The molecule has 2 heterocycles. The maximum atomic E-state index is 11.0. The minimum atomic E-state index is -1.41. The van der Waals surface area contributed by atoms with Gasteiger partial charge in [0, 0.05) is 23.4 Å². The van der Waals surface area contributed by atoms with Crippen molar-refractivity contribution in [3.63, 3.8) is 0 Å². The molecule has 0 bridgehead atoms. The molecule has 0 saturated heterocycles. The highest BCUT2D eigenvalue weighted by Gasteiger charge is 2.20. The first-order valence-electron chi connectivity index (χ1n) is 11.7. The number of rotatable bonds is 12. The van der Waals surface area contributed by atoms with Gasteiger partial charge in [-0.15, -0.1) is 11.3 Å². The van der Waals surface area contributed by atoms with Crippen molar-refractivity contribution < 1.29 is 24.3 Å². The number of hydrogen-bond acceptors (Lipinski definition) is 9. The van der Waals surface area contributed by atoms with E-state index in [2.05, 4.69) is 42.0 Å². The monoisotopic (exact) mass is 502 g/mol. The number of aromatic nitrogens is 2. The number of aliphatic hydroxyl groups excluding tert-OH is 2. The van der Waals surface area contributed by atoms with Gasteiger partial charge in [-0.1, -0.05) is 19.0 Å². The number of amides is 1. The topological polar surface area (TPSA) is 135 Å². The second kappa shape index (κ2) is 11.8. The van der Waals surface area contributed by atoms with Crippen LogP contribution in [-0.2, 0) is 17.8 Å². The predicted molar refractivity (Wildman–Crippen MR) is 135 cm³/mol. The van der Waals surface area contributed by atoms with Gasteiger partial charge >= 0.3 is 0 Å². The Kier molecular flexibility index (Phi) is 9.01. The molecule has 35 heavy (non-hydrogen) atoms. The predicted octanol–water partition coefficient (Wildman–Crippen LogP) is 3.07. The van der Waals surface area contributed by atoms with Crippen molar-refractivity contribution >= 4 is 17.2 Å². The molecule has 1 amide bonds. The summed E-state index contributed by atoms with van der Waals surface area (Å²) in [5, 5.41) is 23.8. The molecule has 1 aromatic carbocycles. The molecule has 0 radical (unpaired) electrons. The van der Waals surface area contributed by atoms with E-state index >= 15 is 0 Å². The number of nitrogens with two attached hydrogens (primary N) is 1. The summed E-state index contributed by atoms with van der Waals surface area (Å²) < 4.78 is 11.4. The van der Waals surface area contributed by atoms with Crippen LogP contribution in [0.2, 0.25) is 0 Å². The molecular formula is C25H34N4O5S. The van der Waals surface area contributed by atoms with Crippen molar-refractivity contribution in [2.45, 2.75) is 59.3 Å². The van der Waals surface area contributed by atoms with Crippen LogP contribution in [0, 0.1) is 13.8 Å². The summed E-state index contributed by atoms with van der Waals surface area (Å²) in [6, 6.07) is 5.94. The molecule has 10 heteroatoms. The number of nitrogens with zero attached hydrogens (tertiary/aromatic N) is 3. The van der Waals surface area contributed by atoms with E-state index in [0.717, 1.165) is 34.7 Å². The lowest BCUT2D eigenvalue weighted by atomic mass is 10.0. The molecule has 1 unspecified atom stereocenters. The first-order chi connectivity index (χ1) is 16.6. The van der Waals surface area contributed by atoms with Crippen molar-refractivity contribution in [2.75, 3.05) is 20.2 Å². The molecule has 2 atom stereocenters. The fourth-order valence-electron chi connectivity index (χ4n) is 3.65. The molecule has 0 fully saturated rings. The Labute approximate surface area is 209 Å². The third-order valence-electron chi connectivity index (χ3n) is 5.85. The van der Waals surface area contributed by atoms with Gasteiger partial charge in [0.05, 0.1) is 11.0 Å². The molecule has 2 aromatic heterocycles. The molecular weight excluding hydrogens is 468 g/mol. The molecule has 9 nitrogen and oxygen atoms in total. The van der Waals surface area contributed by atoms with E-state index in [4.69, 9.17) is 15.0 Å². The lowest BCUT2D eigenvalue weighted by molar-refractivity contribution is -0.127. The lowest BCUT2D eigenvalue weighted by Crippen LogP contribution is -2.33. The van der Waals surface area contributed by atoms with E-state index in [-0.39, 0.29) is 13.0 Å². The van der Waals surface area contributed by atoms with Gasteiger partial charge < -0.3 is 30.1 Å². The van der Waals surface area contributed by atoms with Gasteiger partial charge in [0.15, 0.2) is 0 Å². The largest absolute Gasteiger partial charge is 0.490 e. The smallest absolute Gasteiger partial charge is 0.268 e. The molecule has 4 N–H and O–H groups in total. The SMILES string of the molecule is CCc1cc(-c2noc(-c3cc(C)c(CN(C)CC)s3)n2)cc(C)c1OC[C@@H](O)CC(O)C(N)=O. The fraction of sp³-hybridized carbons (Fsp3) is 0.480. The highest BCUT2D eigenvalue weighted by molar-refractivity contribution is 7.15. The number of ether oxygens (including phenoxy) is 1. The van der Waals surface area contributed by atoms with E-state index in [9.17, 15) is 15.0 Å². The van der Waals surface area contributed by atoms with E-state index in [0.29, 0.717) is 23.9 Å². The summed E-state index contributed by atoms with van der Waals surface area (Å²) in [6.45, 7) is 9.92. The Bertz CT molecular complexity index is 1160. The zero-order chi connectivity index (χ0) is 25.7. The Morgan fingerprint density at radius 1 is 1.23 bits per heavy atom. The van der Waals surface area contributed by atoms with E-state index in [1.807, 2.05) is 26.0 Å². The summed E-state index contributed by atoms with van der Waals surface area (Å²) in [5.41, 5.74) is 8.84. The standard InChI is InChI=1S/C25H34N4O5S/c1-6-16-10-17(8-15(4)22(16)33-13-18(30)11-19(31)23(26)32)24-27-25(34-28-24)20-9-14(3)21(35-20)12-29(5)7-2/h8-10,18-19,30-31H,6-7,11-13H2,1-5H3,(H2,26,32)/t18-,19?/m0/s1. The van der Waals surface area contributed by atoms with Gasteiger partial charge in [0.25, 0.3) is 5.89 Å². The van der Waals surface area contributed by atoms with Crippen LogP contribution in [0.15, 0.2) is 22.7 Å². The zero-order valence-corrected chi connectivity index (χ0v) is 21.7. The van der Waals surface area contributed by atoms with Gasteiger partial charge in [0.2, 0.25) is 11.7 Å². The van der Waals surface area contributed by atoms with Crippen molar-refractivity contribution in [2.24, 2.45) is 5.73 Å². The molecule has 3 aromatic rings. The molecule has 0 aliphatic rings. The highest BCUT2D eigenvalue weighted by Crippen LogP contribution is 2.34. The van der Waals surface area contributed by atoms with Crippen LogP contribution in [0.25, 0.3) is 22.2 Å². The quantitative estimate of drug-likeness (QED) is 0.344. The molecule has 0 aliphatic carbocycles. The fourth-order valence-corrected chi connectivity index (χ4v) is 4.82. The van der Waals surface area contributed by atoms with Crippen molar-refractivity contribution in [1.82, 2.24) is 15.0 Å². The Hall–Kier alpha value is -2.79. The molecule has 0 aliphatic heterocycles. The van der Waals surface area contributed by atoms with Gasteiger partial charge in [0.1, 0.15) is 18.5 Å². The molecule has 190 valence electrons. The number of carbonyl (C=O) groups excluding carboxylic acids is 1. The zero-order valence-electron chi connectivity index (χ0n) is 20.9. The second-order valence-corrected chi connectivity index (χ2v) is 9.86. The molecule has 0 spiro atoms. The van der Waals surface area contributed by atoms with Gasteiger partial charge in [-0.3, -0.25) is 4.79 Å². The Balaban J connectivity index is 1.78. The van der Waals surface area contributed by atoms with Crippen molar-refractivity contribution in [3.8, 4) is 27.9 Å². The van der Waals surface area contributed by atoms with Gasteiger partial charge in [-0.2, -0.15) is 4.98 Å². The minimum Gasteiger partial charge on any atom is -0.490 e. The summed E-state index contributed by atoms with van der Waals surface area (Å²) >= 11 is 1.66. The maximum Gasteiger partial charge on any atom is 0.268 e. The molecule has 0 saturated carbocycles. The van der Waals surface area contributed by atoms with Gasteiger partial charge in [-0.25, -0.2) is 0 Å². The number of thiophene rings is 1. The van der Waals surface area contributed by atoms with Crippen molar-refractivity contribution in [3.05, 3.63) is 39.8 Å². The minimum absolute atomic E-state index is 0.0723. The van der Waals surface area contributed by atoms with Crippen LogP contribution >= 0.6 is 11.3 Å². The summed E-state index contributed by atoms with van der Waals surface area (Å²) in [5.74, 6) is 0.754. The third-order valence-corrected chi connectivity index (χ3v) is 7.06. The summed E-state index contributed by atoms with van der Waals surface area (Å²) in [7, 11) is 2.09. The van der Waals surface area contributed by atoms with E-state index in [1.165, 1.54) is 10.4 Å². The van der Waals surface area contributed by atoms with Crippen LogP contribution in [0.5, 0.6) is 5.75 Å². The summed E-state index contributed by atoms with van der Waals surface area (Å²) in [6.07, 6.45) is -1.94. The Morgan fingerprint density at radius 2 is 1.97 bits per heavy atom. The van der Waals surface area contributed by atoms with Gasteiger partial charge in [-0.05, 0) is 68.8 Å². The second-order valence-electron chi connectivity index (χ2n) is 8.72. The number of aryl methyl sites for hydroxylation is 3. The van der Waals surface area contributed by atoms with Crippen LogP contribution in [0.3, 0.4) is 0 Å². The number of benzene rings is 1. The average molecular weight is 503 g/mol. The van der Waals surface area contributed by atoms with Crippen LogP contribution < -0.4 is 10.5 Å². The average Bonchev–Trinajstić information content (AvgIpc) is 3.44. The molecule has 3 rings (SSSR count). The van der Waals surface area contributed by atoms with E-state index in [1.54, 1.807) is 11.3 Å². The number of hydrogen-bond donors (Lipinski definition) is 3. The first kappa shape index (κ1) is 26.8. The third kappa shape index (κ3) is 6.66. The van der Waals surface area contributed by atoms with Crippen LogP contribution in [0.1, 0.15) is 41.8 Å². The lowest BCUT2D eigenvalue weighted by Gasteiger charge is -2.18. The van der Waals surface area contributed by atoms with Crippen LogP contribution in [-0.4, -0.2) is 63.6 Å². The van der Waals surface area contributed by atoms with Crippen molar-refractivity contribution in [1.29, 1.82) is 0 Å². The van der Waals surface area contributed by atoms with Crippen LogP contribution in [0.4, 0.5) is 0 Å². The Morgan fingerprint density at radius 3 is 2.63 bits per heavy atom. The maximum absolute atomic E-state index is 11.0. The normalized spacial score (nSPS) is 13.3. The number of aliphatic hydroxyl groups is 2. The highest BCUT2D eigenvalue weighted by atomic mass is 32.1.